The summed E-state index contributed by atoms with van der Waals surface area (Å²) in [7, 11) is 0. The molecule has 0 atom stereocenters. The van der Waals surface area contributed by atoms with Gasteiger partial charge in [0.1, 0.15) is 5.75 Å². The zero-order valence-electron chi connectivity index (χ0n) is 13.5. The Morgan fingerprint density at radius 2 is 1.86 bits per heavy atom. The number of hydrogen-bond donors (Lipinski definition) is 0. The van der Waals surface area contributed by atoms with Crippen molar-refractivity contribution >= 4 is 11.9 Å². The van der Waals surface area contributed by atoms with Crippen LogP contribution in [0.2, 0.25) is 0 Å². The molecule has 4 nitrogen and oxygen atoms in total. The van der Waals surface area contributed by atoms with E-state index >= 15 is 0 Å². The van der Waals surface area contributed by atoms with Crippen molar-refractivity contribution in [1.29, 1.82) is 0 Å². The van der Waals surface area contributed by atoms with Gasteiger partial charge in [-0.1, -0.05) is 18.2 Å². The average molecular weight is 298 g/mol. The van der Waals surface area contributed by atoms with Gasteiger partial charge in [-0.15, -0.1) is 0 Å². The lowest BCUT2D eigenvalue weighted by Gasteiger charge is -2.09. The van der Waals surface area contributed by atoms with Crippen LogP contribution in [0.4, 0.5) is 0 Å². The number of ether oxygens (including phenoxy) is 1. The van der Waals surface area contributed by atoms with Crippen molar-refractivity contribution in [3.05, 3.63) is 53.9 Å². The lowest BCUT2D eigenvalue weighted by molar-refractivity contribution is 0.104. The molecule has 4 heteroatoms. The van der Waals surface area contributed by atoms with Gasteiger partial charge in [0.05, 0.1) is 17.9 Å². The predicted molar refractivity (Wildman–Crippen MR) is 88.2 cm³/mol. The maximum absolute atomic E-state index is 12.1. The quantitative estimate of drug-likeness (QED) is 0.594. The monoisotopic (exact) mass is 298 g/mol. The van der Waals surface area contributed by atoms with Gasteiger partial charge in [0, 0.05) is 12.2 Å². The molecule has 0 spiro atoms. The van der Waals surface area contributed by atoms with Gasteiger partial charge < -0.3 is 4.74 Å². The first-order valence-corrected chi connectivity index (χ1v) is 7.49. The second kappa shape index (κ2) is 7.07. The van der Waals surface area contributed by atoms with Crippen molar-refractivity contribution in [2.24, 2.45) is 0 Å². The van der Waals surface area contributed by atoms with Crippen LogP contribution >= 0.6 is 0 Å². The van der Waals surface area contributed by atoms with Crippen LogP contribution in [0.25, 0.3) is 6.08 Å². The van der Waals surface area contributed by atoms with Gasteiger partial charge in [0.2, 0.25) is 0 Å². The summed E-state index contributed by atoms with van der Waals surface area (Å²) >= 11 is 0. The van der Waals surface area contributed by atoms with Gasteiger partial charge in [-0.25, -0.2) is 0 Å². The molecule has 1 aromatic heterocycles. The first-order chi connectivity index (χ1) is 10.5. The van der Waals surface area contributed by atoms with Crippen LogP contribution in [-0.2, 0) is 0 Å². The fourth-order valence-electron chi connectivity index (χ4n) is 1.95. The topological polar surface area (TPSA) is 44.1 Å². The Hall–Kier alpha value is -2.36. The predicted octanol–water partition coefficient (Wildman–Crippen LogP) is 4.15. The van der Waals surface area contributed by atoms with Crippen LogP contribution in [0.15, 0.2) is 42.7 Å². The standard InChI is InChI=1S/C18H22N2O2/c1-13(2)20-12-16(11-19-20)18(21)10-7-15-5-8-17(9-6-15)22-14(3)4/h5-14H,1-4H3. The van der Waals surface area contributed by atoms with E-state index < -0.39 is 0 Å². The smallest absolute Gasteiger partial charge is 0.189 e. The van der Waals surface area contributed by atoms with Gasteiger partial charge in [-0.2, -0.15) is 5.10 Å². The Morgan fingerprint density at radius 1 is 1.18 bits per heavy atom. The second-order valence-electron chi connectivity index (χ2n) is 5.74. The number of hydrogen-bond acceptors (Lipinski definition) is 3. The Balaban J connectivity index is 2.02. The van der Waals surface area contributed by atoms with Crippen molar-refractivity contribution in [1.82, 2.24) is 9.78 Å². The van der Waals surface area contributed by atoms with E-state index in [9.17, 15) is 4.79 Å². The Labute approximate surface area is 131 Å². The molecule has 0 N–H and O–H groups in total. The largest absolute Gasteiger partial charge is 0.491 e. The molecule has 1 heterocycles. The van der Waals surface area contributed by atoms with Crippen LogP contribution in [0.1, 0.15) is 49.7 Å². The van der Waals surface area contributed by atoms with Crippen LogP contribution in [-0.4, -0.2) is 21.7 Å². The van der Waals surface area contributed by atoms with Gasteiger partial charge >= 0.3 is 0 Å². The summed E-state index contributed by atoms with van der Waals surface area (Å²) in [6.45, 7) is 8.03. The Kier molecular flexibility index (Phi) is 5.15. The van der Waals surface area contributed by atoms with E-state index in [-0.39, 0.29) is 17.9 Å². The fourth-order valence-corrected chi connectivity index (χ4v) is 1.95. The highest BCUT2D eigenvalue weighted by molar-refractivity contribution is 6.06. The minimum absolute atomic E-state index is 0.0468. The number of carbonyl (C=O) groups excluding carboxylic acids is 1. The molecule has 0 aliphatic heterocycles. The normalized spacial score (nSPS) is 11.5. The Morgan fingerprint density at radius 3 is 2.41 bits per heavy atom. The highest BCUT2D eigenvalue weighted by Crippen LogP contribution is 2.15. The third-order valence-electron chi connectivity index (χ3n) is 3.09. The third-order valence-corrected chi connectivity index (χ3v) is 3.09. The van der Waals surface area contributed by atoms with Gasteiger partial charge in [0.15, 0.2) is 5.78 Å². The maximum atomic E-state index is 12.1. The summed E-state index contributed by atoms with van der Waals surface area (Å²) in [6, 6.07) is 7.92. The molecule has 0 radical (unpaired) electrons. The van der Waals surface area contributed by atoms with Crippen molar-refractivity contribution in [3.8, 4) is 5.75 Å². The fraction of sp³-hybridized carbons (Fsp3) is 0.333. The summed E-state index contributed by atoms with van der Waals surface area (Å²) < 4.78 is 7.36. The SMILES string of the molecule is CC(C)Oc1ccc(C=CC(=O)c2cnn(C(C)C)c2)cc1. The number of aromatic nitrogens is 2. The molecule has 0 unspecified atom stereocenters. The van der Waals surface area contributed by atoms with E-state index in [2.05, 4.69) is 5.10 Å². The van der Waals surface area contributed by atoms with Crippen LogP contribution < -0.4 is 4.74 Å². The van der Waals surface area contributed by atoms with E-state index in [1.54, 1.807) is 29.2 Å². The number of benzene rings is 1. The maximum Gasteiger partial charge on any atom is 0.189 e. The molecule has 0 saturated carbocycles. The molecule has 0 fully saturated rings. The molecule has 0 saturated heterocycles. The molecular formula is C18H22N2O2. The molecular weight excluding hydrogens is 276 g/mol. The minimum atomic E-state index is -0.0468. The molecule has 0 amide bonds. The summed E-state index contributed by atoms with van der Waals surface area (Å²) in [6.07, 6.45) is 6.90. The first kappa shape index (κ1) is 16.0. The van der Waals surface area contributed by atoms with E-state index in [1.807, 2.05) is 52.0 Å². The number of ketones is 1. The molecule has 0 bridgehead atoms. The summed E-state index contributed by atoms with van der Waals surface area (Å²) in [4.78, 5) is 12.1. The second-order valence-corrected chi connectivity index (χ2v) is 5.74. The van der Waals surface area contributed by atoms with E-state index in [0.717, 1.165) is 11.3 Å². The number of allylic oxidation sites excluding steroid dienone is 1. The number of carbonyl (C=O) groups is 1. The van der Waals surface area contributed by atoms with Crippen molar-refractivity contribution < 1.29 is 9.53 Å². The molecule has 0 aliphatic rings. The first-order valence-electron chi connectivity index (χ1n) is 7.49. The van der Waals surface area contributed by atoms with Crippen LogP contribution in [0.5, 0.6) is 5.75 Å². The van der Waals surface area contributed by atoms with Crippen LogP contribution in [0, 0.1) is 0 Å². The van der Waals surface area contributed by atoms with E-state index in [1.165, 1.54) is 0 Å². The average Bonchev–Trinajstić information content (AvgIpc) is 2.96. The minimum Gasteiger partial charge on any atom is -0.491 e. The lowest BCUT2D eigenvalue weighted by atomic mass is 10.1. The summed E-state index contributed by atoms with van der Waals surface area (Å²) in [5.41, 5.74) is 1.56. The molecule has 2 rings (SSSR count). The molecule has 0 aliphatic carbocycles. The molecule has 1 aromatic carbocycles. The summed E-state index contributed by atoms with van der Waals surface area (Å²) in [5.74, 6) is 0.783. The zero-order valence-corrected chi connectivity index (χ0v) is 13.5. The van der Waals surface area contributed by atoms with E-state index in [4.69, 9.17) is 4.74 Å². The van der Waals surface area contributed by atoms with Gasteiger partial charge in [-0.05, 0) is 51.5 Å². The molecule has 22 heavy (non-hydrogen) atoms. The van der Waals surface area contributed by atoms with Crippen molar-refractivity contribution in [2.75, 3.05) is 0 Å². The zero-order chi connectivity index (χ0) is 16.1. The molecule has 116 valence electrons. The van der Waals surface area contributed by atoms with Gasteiger partial charge in [0.25, 0.3) is 0 Å². The third kappa shape index (κ3) is 4.32. The Bertz CT molecular complexity index is 652. The lowest BCUT2D eigenvalue weighted by Crippen LogP contribution is -2.05. The molecule has 2 aromatic rings. The van der Waals surface area contributed by atoms with Crippen molar-refractivity contribution in [3.63, 3.8) is 0 Å². The van der Waals surface area contributed by atoms with Crippen molar-refractivity contribution in [2.45, 2.75) is 39.8 Å². The van der Waals surface area contributed by atoms with Gasteiger partial charge in [-0.3, -0.25) is 9.48 Å². The number of rotatable bonds is 6. The highest BCUT2D eigenvalue weighted by atomic mass is 16.5. The number of nitrogens with zero attached hydrogens (tertiary/aromatic N) is 2. The van der Waals surface area contributed by atoms with Crippen LogP contribution in [0.3, 0.4) is 0 Å². The highest BCUT2D eigenvalue weighted by Gasteiger charge is 2.07. The van der Waals surface area contributed by atoms with E-state index in [0.29, 0.717) is 5.56 Å². The summed E-state index contributed by atoms with van der Waals surface area (Å²) in [5, 5.41) is 4.18.